The van der Waals surface area contributed by atoms with Gasteiger partial charge in [0, 0.05) is 38.2 Å². The van der Waals surface area contributed by atoms with Crippen LogP contribution in [-0.2, 0) is 9.47 Å². The van der Waals surface area contributed by atoms with Crippen LogP contribution in [0.3, 0.4) is 0 Å². The average Bonchev–Trinajstić information content (AvgIpc) is 2.43. The van der Waals surface area contributed by atoms with Crippen molar-refractivity contribution in [2.75, 3.05) is 46.3 Å². The van der Waals surface area contributed by atoms with Gasteiger partial charge in [-0.2, -0.15) is 11.8 Å². The first-order valence-corrected chi connectivity index (χ1v) is 8.38. The fraction of sp³-hybridized carbons (Fsp3) is 1.00. The van der Waals surface area contributed by atoms with Crippen LogP contribution in [0.4, 0.5) is 0 Å². The van der Waals surface area contributed by atoms with Gasteiger partial charge in [0.2, 0.25) is 0 Å². The van der Waals surface area contributed by atoms with Gasteiger partial charge >= 0.3 is 0 Å². The zero-order valence-electron chi connectivity index (χ0n) is 12.0. The third kappa shape index (κ3) is 6.41. The summed E-state index contributed by atoms with van der Waals surface area (Å²) in [5.74, 6) is 0. The molecule has 0 aromatic heterocycles. The molecule has 0 amide bonds. The second-order valence-electron chi connectivity index (χ2n) is 5.08. The van der Waals surface area contributed by atoms with Gasteiger partial charge in [-0.25, -0.2) is 0 Å². The van der Waals surface area contributed by atoms with Crippen LogP contribution in [-0.4, -0.2) is 51.0 Å². The minimum Gasteiger partial charge on any atom is -0.385 e. The Morgan fingerprint density at radius 3 is 2.56 bits per heavy atom. The summed E-state index contributed by atoms with van der Waals surface area (Å²) in [7, 11) is 1.73. The fourth-order valence-corrected chi connectivity index (χ4v) is 3.46. The molecule has 0 unspecified atom stereocenters. The van der Waals surface area contributed by atoms with Crippen molar-refractivity contribution in [3.05, 3.63) is 0 Å². The number of hydrogen-bond donors (Lipinski definition) is 1. The Hall–Kier alpha value is 0.230. The van der Waals surface area contributed by atoms with Crippen molar-refractivity contribution in [2.45, 2.75) is 43.3 Å². The molecule has 1 aliphatic carbocycles. The van der Waals surface area contributed by atoms with Crippen molar-refractivity contribution in [2.24, 2.45) is 0 Å². The smallest absolute Gasteiger partial charge is 0.0590 e. The molecule has 0 bridgehead atoms. The average molecular weight is 275 g/mol. The molecule has 108 valence electrons. The van der Waals surface area contributed by atoms with Crippen molar-refractivity contribution in [3.8, 4) is 0 Å². The molecule has 1 rings (SSSR count). The minimum absolute atomic E-state index is 0.494. The normalized spacial score (nSPS) is 19.0. The van der Waals surface area contributed by atoms with E-state index in [0.29, 0.717) is 4.75 Å². The van der Waals surface area contributed by atoms with Crippen LogP contribution >= 0.6 is 11.8 Å². The van der Waals surface area contributed by atoms with Gasteiger partial charge in [0.05, 0.1) is 6.61 Å². The van der Waals surface area contributed by atoms with Crippen molar-refractivity contribution in [3.63, 3.8) is 0 Å². The van der Waals surface area contributed by atoms with Crippen molar-refractivity contribution in [1.29, 1.82) is 0 Å². The number of ether oxygens (including phenoxy) is 2. The molecule has 1 fully saturated rings. The van der Waals surface area contributed by atoms with Gasteiger partial charge < -0.3 is 14.8 Å². The number of hydrogen-bond acceptors (Lipinski definition) is 4. The summed E-state index contributed by atoms with van der Waals surface area (Å²) in [4.78, 5) is 0. The molecule has 0 saturated heterocycles. The molecule has 4 heteroatoms. The number of nitrogens with one attached hydrogen (secondary N) is 1. The minimum atomic E-state index is 0.494. The molecule has 18 heavy (non-hydrogen) atoms. The van der Waals surface area contributed by atoms with Crippen LogP contribution in [0, 0.1) is 0 Å². The van der Waals surface area contributed by atoms with Gasteiger partial charge in [-0.15, -0.1) is 0 Å². The van der Waals surface area contributed by atoms with E-state index >= 15 is 0 Å². The van der Waals surface area contributed by atoms with Crippen LogP contribution < -0.4 is 5.32 Å². The largest absolute Gasteiger partial charge is 0.385 e. The molecule has 0 spiro atoms. The second-order valence-corrected chi connectivity index (χ2v) is 6.36. The lowest BCUT2D eigenvalue weighted by Gasteiger charge is -2.36. The van der Waals surface area contributed by atoms with Crippen LogP contribution in [0.25, 0.3) is 0 Å². The van der Waals surface area contributed by atoms with Crippen molar-refractivity contribution in [1.82, 2.24) is 5.32 Å². The third-order valence-corrected chi connectivity index (χ3v) is 5.12. The zero-order valence-corrected chi connectivity index (χ0v) is 12.8. The van der Waals surface area contributed by atoms with E-state index in [1.807, 2.05) is 11.8 Å². The van der Waals surface area contributed by atoms with Gasteiger partial charge in [0.1, 0.15) is 0 Å². The summed E-state index contributed by atoms with van der Waals surface area (Å²) in [6.45, 7) is 4.52. The number of methoxy groups -OCH3 is 1. The molecule has 0 heterocycles. The lowest BCUT2D eigenvalue weighted by molar-refractivity contribution is 0.104. The van der Waals surface area contributed by atoms with E-state index < -0.39 is 0 Å². The molecule has 0 atom stereocenters. The van der Waals surface area contributed by atoms with E-state index in [1.165, 1.54) is 32.1 Å². The Morgan fingerprint density at radius 1 is 1.11 bits per heavy atom. The summed E-state index contributed by atoms with van der Waals surface area (Å²) in [6.07, 6.45) is 10.2. The summed E-state index contributed by atoms with van der Waals surface area (Å²) >= 11 is 2.05. The van der Waals surface area contributed by atoms with E-state index in [-0.39, 0.29) is 0 Å². The Morgan fingerprint density at radius 2 is 1.89 bits per heavy atom. The third-order valence-electron chi connectivity index (χ3n) is 3.71. The quantitative estimate of drug-likeness (QED) is 0.621. The molecule has 0 aromatic carbocycles. The Bertz CT molecular complexity index is 196. The maximum atomic E-state index is 5.54. The van der Waals surface area contributed by atoms with E-state index in [4.69, 9.17) is 9.47 Å². The van der Waals surface area contributed by atoms with E-state index in [0.717, 1.165) is 39.3 Å². The van der Waals surface area contributed by atoms with Crippen LogP contribution in [0.2, 0.25) is 0 Å². The van der Waals surface area contributed by atoms with E-state index in [9.17, 15) is 0 Å². The maximum absolute atomic E-state index is 5.54. The van der Waals surface area contributed by atoms with Gasteiger partial charge in [-0.3, -0.25) is 0 Å². The highest BCUT2D eigenvalue weighted by Crippen LogP contribution is 2.37. The van der Waals surface area contributed by atoms with Crippen LogP contribution in [0.5, 0.6) is 0 Å². The summed E-state index contributed by atoms with van der Waals surface area (Å²) in [5.41, 5.74) is 0. The van der Waals surface area contributed by atoms with Gasteiger partial charge in [-0.1, -0.05) is 19.3 Å². The first kappa shape index (κ1) is 16.3. The highest BCUT2D eigenvalue weighted by molar-refractivity contribution is 8.00. The second kappa shape index (κ2) is 10.1. The Kier molecular flexibility index (Phi) is 9.11. The van der Waals surface area contributed by atoms with Crippen molar-refractivity contribution >= 4 is 11.8 Å². The molecule has 0 radical (unpaired) electrons. The zero-order chi connectivity index (χ0) is 13.1. The Balaban J connectivity index is 1.98. The van der Waals surface area contributed by atoms with Crippen LogP contribution in [0.1, 0.15) is 38.5 Å². The summed E-state index contributed by atoms with van der Waals surface area (Å²) < 4.78 is 11.0. The number of rotatable bonds is 10. The van der Waals surface area contributed by atoms with E-state index in [1.54, 1.807) is 7.11 Å². The molecule has 1 aliphatic rings. The first-order chi connectivity index (χ1) is 8.83. The topological polar surface area (TPSA) is 30.5 Å². The highest BCUT2D eigenvalue weighted by atomic mass is 32.2. The van der Waals surface area contributed by atoms with Crippen molar-refractivity contribution < 1.29 is 9.47 Å². The van der Waals surface area contributed by atoms with Gasteiger partial charge in [0.15, 0.2) is 0 Å². The van der Waals surface area contributed by atoms with Crippen LogP contribution in [0.15, 0.2) is 0 Å². The summed E-state index contributed by atoms with van der Waals surface area (Å²) in [5, 5.41) is 3.56. The summed E-state index contributed by atoms with van der Waals surface area (Å²) in [6, 6.07) is 0. The lowest BCUT2D eigenvalue weighted by Crippen LogP contribution is -2.40. The highest BCUT2D eigenvalue weighted by Gasteiger charge is 2.30. The Labute approximate surface area is 116 Å². The molecular formula is C14H29NO2S. The molecule has 1 N–H and O–H groups in total. The SMILES string of the molecule is COCCCOCCNCC1(SC)CCCCC1. The predicted molar refractivity (Wildman–Crippen MR) is 79.5 cm³/mol. The van der Waals surface area contributed by atoms with Gasteiger partial charge in [0.25, 0.3) is 0 Å². The molecular weight excluding hydrogens is 246 g/mol. The molecule has 3 nitrogen and oxygen atoms in total. The fourth-order valence-electron chi connectivity index (χ4n) is 2.52. The predicted octanol–water partition coefficient (Wildman–Crippen LogP) is 2.70. The first-order valence-electron chi connectivity index (χ1n) is 7.15. The molecule has 1 saturated carbocycles. The van der Waals surface area contributed by atoms with Gasteiger partial charge in [-0.05, 0) is 25.5 Å². The number of thioether (sulfide) groups is 1. The maximum Gasteiger partial charge on any atom is 0.0590 e. The standard InChI is InChI=1S/C14H29NO2S/c1-16-10-6-11-17-12-9-15-13-14(18-2)7-4-3-5-8-14/h15H,3-13H2,1-2H3. The molecule has 0 aliphatic heterocycles. The lowest BCUT2D eigenvalue weighted by atomic mass is 9.88. The molecule has 0 aromatic rings. The monoisotopic (exact) mass is 275 g/mol. The van der Waals surface area contributed by atoms with E-state index in [2.05, 4.69) is 11.6 Å².